The third-order valence-electron chi connectivity index (χ3n) is 1.27. The van der Waals surface area contributed by atoms with Crippen molar-refractivity contribution in [3.05, 3.63) is 22.6 Å². The van der Waals surface area contributed by atoms with Crippen LogP contribution in [0.1, 0.15) is 1.37 Å². The zero-order chi connectivity index (χ0) is 7.84. The first kappa shape index (κ1) is 5.02. The van der Waals surface area contributed by atoms with Crippen LogP contribution in [-0.4, -0.2) is 6.79 Å². The molecule has 0 atom stereocenters. The monoisotopic (exact) mass is 201 g/mol. The van der Waals surface area contributed by atoms with Gasteiger partial charge in [0.25, 0.3) is 0 Å². The van der Waals surface area contributed by atoms with Crippen molar-refractivity contribution in [1.82, 2.24) is 0 Å². The zero-order valence-corrected chi connectivity index (χ0v) is 6.64. The number of benzene rings is 1. The zero-order valence-electron chi connectivity index (χ0n) is 6.06. The fourth-order valence-electron chi connectivity index (χ4n) is 0.829. The minimum Gasteiger partial charge on any atom is -0.454 e. The summed E-state index contributed by atoms with van der Waals surface area (Å²) in [7, 11) is 0. The molecule has 0 radical (unpaired) electrons. The van der Waals surface area contributed by atoms with Crippen LogP contribution in [0.2, 0.25) is 0 Å². The second-order valence-electron chi connectivity index (χ2n) is 1.89. The van der Waals surface area contributed by atoms with Gasteiger partial charge in [0.1, 0.15) is 0 Å². The third-order valence-corrected chi connectivity index (χ3v) is 1.90. The van der Waals surface area contributed by atoms with Crippen molar-refractivity contribution in [2.24, 2.45) is 0 Å². The summed E-state index contributed by atoms with van der Waals surface area (Å²) in [6.07, 6.45) is 0. The van der Waals surface area contributed by atoms with Crippen LogP contribution in [-0.2, 0) is 0 Å². The Morgan fingerprint density at radius 3 is 3.30 bits per heavy atom. The summed E-state index contributed by atoms with van der Waals surface area (Å²) in [6, 6.07) is 3.80. The number of hydrogen-bond donors (Lipinski definition) is 0. The van der Waals surface area contributed by atoms with Crippen LogP contribution in [0.5, 0.6) is 11.5 Å². The number of fused-ring (bicyclic) bond motifs is 1. The quantitative estimate of drug-likeness (QED) is 0.641. The fraction of sp³-hybridized carbons (Fsp3) is 0.143. The molecule has 0 aromatic heterocycles. The minimum atomic E-state index is 0.212. The van der Waals surface area contributed by atoms with E-state index in [2.05, 4.69) is 15.9 Å². The molecule has 0 spiro atoms. The molecule has 1 aliphatic rings. The maximum Gasteiger partial charge on any atom is 0.231 e. The van der Waals surface area contributed by atoms with Gasteiger partial charge in [-0.25, -0.2) is 0 Å². The fourth-order valence-corrected chi connectivity index (χ4v) is 1.26. The lowest BCUT2D eigenvalue weighted by atomic mass is 10.3. The Morgan fingerprint density at radius 1 is 1.60 bits per heavy atom. The van der Waals surface area contributed by atoms with Crippen LogP contribution >= 0.6 is 15.9 Å². The highest BCUT2D eigenvalue weighted by molar-refractivity contribution is 9.10. The Labute approximate surface area is 68.3 Å². The molecule has 2 nitrogen and oxygen atoms in total. The Balaban J connectivity index is 2.64. The highest BCUT2D eigenvalue weighted by Crippen LogP contribution is 2.38. The van der Waals surface area contributed by atoms with Crippen molar-refractivity contribution in [3.63, 3.8) is 0 Å². The second kappa shape index (κ2) is 2.16. The molecule has 0 saturated carbocycles. The van der Waals surface area contributed by atoms with Gasteiger partial charge in [-0.2, -0.15) is 0 Å². The molecule has 0 bridgehead atoms. The molecule has 0 amide bonds. The first-order valence-corrected chi connectivity index (χ1v) is 3.63. The van der Waals surface area contributed by atoms with E-state index in [0.717, 1.165) is 4.47 Å². The van der Waals surface area contributed by atoms with Crippen LogP contribution in [0, 0.1) is 0 Å². The molecule has 0 aliphatic carbocycles. The molecular weight excluding hydrogens is 196 g/mol. The average molecular weight is 202 g/mol. The molecule has 0 unspecified atom stereocenters. The lowest BCUT2D eigenvalue weighted by molar-refractivity contribution is 0.173. The van der Waals surface area contributed by atoms with E-state index < -0.39 is 0 Å². The van der Waals surface area contributed by atoms with Crippen LogP contribution in [0.15, 0.2) is 22.6 Å². The van der Waals surface area contributed by atoms with Crippen molar-refractivity contribution in [2.45, 2.75) is 0 Å². The van der Waals surface area contributed by atoms with Gasteiger partial charge in [-0.05, 0) is 28.0 Å². The smallest absolute Gasteiger partial charge is 0.231 e. The number of para-hydroxylation sites is 1. The largest absolute Gasteiger partial charge is 0.454 e. The standard InChI is InChI=1S/C7H5BrO2/c8-5-2-1-3-6-7(5)10-4-9-6/h1-3H,4H2/i3D. The third kappa shape index (κ3) is 0.778. The topological polar surface area (TPSA) is 18.5 Å². The maximum absolute atomic E-state index is 7.42. The van der Waals surface area contributed by atoms with E-state index in [1.54, 1.807) is 12.1 Å². The molecule has 3 heteroatoms. The van der Waals surface area contributed by atoms with Gasteiger partial charge in [0.2, 0.25) is 6.79 Å². The minimum absolute atomic E-state index is 0.212. The van der Waals surface area contributed by atoms with Crippen molar-refractivity contribution in [1.29, 1.82) is 0 Å². The summed E-state index contributed by atoms with van der Waals surface area (Å²) in [6.45, 7) is 0.212. The number of hydrogen-bond acceptors (Lipinski definition) is 2. The van der Waals surface area contributed by atoms with E-state index in [9.17, 15) is 0 Å². The first-order chi connectivity index (χ1) is 5.29. The molecule has 1 aromatic carbocycles. The van der Waals surface area contributed by atoms with Gasteiger partial charge in [0, 0.05) is 0 Å². The summed E-state index contributed by atoms with van der Waals surface area (Å²) in [5.41, 5.74) is 0. The van der Waals surface area contributed by atoms with Gasteiger partial charge < -0.3 is 9.47 Å². The number of rotatable bonds is 0. The van der Waals surface area contributed by atoms with Crippen LogP contribution in [0.25, 0.3) is 0 Å². The lowest BCUT2D eigenvalue weighted by Crippen LogP contribution is -1.93. The first-order valence-electron chi connectivity index (χ1n) is 3.34. The molecule has 1 aliphatic heterocycles. The summed E-state index contributed by atoms with van der Waals surface area (Å²) in [4.78, 5) is 0. The van der Waals surface area contributed by atoms with E-state index in [1.807, 2.05) is 0 Å². The summed E-state index contributed by atoms with van der Waals surface area (Å²) < 4.78 is 18.4. The Hall–Kier alpha value is -0.700. The molecule has 10 heavy (non-hydrogen) atoms. The van der Waals surface area contributed by atoms with Crippen LogP contribution in [0.3, 0.4) is 0 Å². The lowest BCUT2D eigenvalue weighted by Gasteiger charge is -1.95. The molecular formula is C7H5BrO2. The van der Waals surface area contributed by atoms with Gasteiger partial charge in [-0.15, -0.1) is 0 Å². The molecule has 2 rings (SSSR count). The predicted molar refractivity (Wildman–Crippen MR) is 40.3 cm³/mol. The van der Waals surface area contributed by atoms with Gasteiger partial charge >= 0.3 is 0 Å². The second-order valence-corrected chi connectivity index (χ2v) is 2.74. The summed E-state index contributed by atoms with van der Waals surface area (Å²) >= 11 is 3.29. The van der Waals surface area contributed by atoms with E-state index in [1.165, 1.54) is 0 Å². The summed E-state index contributed by atoms with van der Waals surface area (Å²) in [5.74, 6) is 1.16. The maximum atomic E-state index is 7.42. The number of halogens is 1. The van der Waals surface area contributed by atoms with Crippen molar-refractivity contribution in [2.75, 3.05) is 6.79 Å². The summed E-state index contributed by atoms with van der Waals surface area (Å²) in [5, 5.41) is 0. The van der Waals surface area contributed by atoms with Crippen molar-refractivity contribution in [3.8, 4) is 11.5 Å². The van der Waals surface area contributed by atoms with E-state index in [0.29, 0.717) is 17.5 Å². The molecule has 0 N–H and O–H groups in total. The average Bonchev–Trinajstić information content (AvgIpc) is 2.45. The van der Waals surface area contributed by atoms with Crippen molar-refractivity contribution < 1.29 is 10.8 Å². The van der Waals surface area contributed by atoms with E-state index in [-0.39, 0.29) is 6.79 Å². The Kier molecular flexibility index (Phi) is 1.09. The number of ether oxygens (including phenoxy) is 2. The molecule has 1 aromatic rings. The normalized spacial score (nSPS) is 15.1. The van der Waals surface area contributed by atoms with E-state index in [4.69, 9.17) is 10.8 Å². The van der Waals surface area contributed by atoms with Crippen LogP contribution in [0.4, 0.5) is 0 Å². The molecule has 0 saturated heterocycles. The Morgan fingerprint density at radius 2 is 2.50 bits per heavy atom. The highest BCUT2D eigenvalue weighted by atomic mass is 79.9. The highest BCUT2D eigenvalue weighted by Gasteiger charge is 2.14. The van der Waals surface area contributed by atoms with Gasteiger partial charge in [-0.1, -0.05) is 6.07 Å². The van der Waals surface area contributed by atoms with Gasteiger partial charge in [0.05, 0.1) is 5.84 Å². The van der Waals surface area contributed by atoms with Gasteiger partial charge in [0.15, 0.2) is 11.5 Å². The SMILES string of the molecule is [2H]c1ccc(Br)c2c1OCO2. The molecule has 1 heterocycles. The van der Waals surface area contributed by atoms with Crippen LogP contribution < -0.4 is 9.47 Å². The van der Waals surface area contributed by atoms with Gasteiger partial charge in [-0.3, -0.25) is 0 Å². The molecule has 0 fully saturated rings. The van der Waals surface area contributed by atoms with Crippen molar-refractivity contribution >= 4 is 15.9 Å². The van der Waals surface area contributed by atoms with E-state index >= 15 is 0 Å². The molecule has 52 valence electrons. The predicted octanol–water partition coefficient (Wildman–Crippen LogP) is 2.18. The Bertz CT molecular complexity index is 272.